The molecule has 1 amide bonds. The largest absolute Gasteiger partial charge is 0.337 e. The lowest BCUT2D eigenvalue weighted by molar-refractivity contribution is 0.0702. The number of sulfonamides is 1. The summed E-state index contributed by atoms with van der Waals surface area (Å²) < 4.78 is 54.5. The third-order valence-corrected chi connectivity index (χ3v) is 6.07. The van der Waals surface area contributed by atoms with E-state index in [-0.39, 0.29) is 22.9 Å². The molecule has 5 nitrogen and oxygen atoms in total. The molecule has 1 heterocycles. The summed E-state index contributed by atoms with van der Waals surface area (Å²) in [6.45, 7) is 2.25. The number of likely N-dealkylation sites (tertiary alicyclic amines) is 1. The van der Waals surface area contributed by atoms with Crippen LogP contribution in [0.5, 0.6) is 0 Å². The highest BCUT2D eigenvalue weighted by Gasteiger charge is 2.28. The van der Waals surface area contributed by atoms with E-state index in [1.54, 1.807) is 13.0 Å². The molecule has 0 aromatic heterocycles. The Morgan fingerprint density at radius 2 is 1.96 bits per heavy atom. The second-order valence-corrected chi connectivity index (χ2v) is 8.35. The summed E-state index contributed by atoms with van der Waals surface area (Å²) in [6.07, 6.45) is 1.16. The number of carbonyl (C=O) groups is 1. The first-order valence-corrected chi connectivity index (χ1v) is 10.1. The van der Waals surface area contributed by atoms with Gasteiger partial charge in [-0.05, 0) is 55.7 Å². The first kappa shape index (κ1) is 19.4. The van der Waals surface area contributed by atoms with Gasteiger partial charge in [0.2, 0.25) is 10.0 Å². The van der Waals surface area contributed by atoms with Crippen LogP contribution in [-0.2, 0) is 10.0 Å². The van der Waals surface area contributed by atoms with Crippen molar-refractivity contribution in [3.05, 3.63) is 65.2 Å². The molecule has 1 saturated heterocycles. The summed E-state index contributed by atoms with van der Waals surface area (Å²) in [5, 5.41) is 0. The van der Waals surface area contributed by atoms with Crippen LogP contribution in [0.15, 0.2) is 47.4 Å². The van der Waals surface area contributed by atoms with Crippen LogP contribution in [0, 0.1) is 18.6 Å². The lowest BCUT2D eigenvalue weighted by Crippen LogP contribution is -2.49. The smallest absolute Gasteiger partial charge is 0.254 e. The summed E-state index contributed by atoms with van der Waals surface area (Å²) in [4.78, 5) is 14.0. The number of carbonyl (C=O) groups excluding carboxylic acids is 1. The van der Waals surface area contributed by atoms with Gasteiger partial charge in [-0.25, -0.2) is 21.9 Å². The van der Waals surface area contributed by atoms with E-state index < -0.39 is 27.7 Å². The third kappa shape index (κ3) is 4.51. The average molecular weight is 394 g/mol. The van der Waals surface area contributed by atoms with Crippen molar-refractivity contribution in [2.75, 3.05) is 13.1 Å². The summed E-state index contributed by atoms with van der Waals surface area (Å²) in [5.41, 5.74) is 0.678. The maximum Gasteiger partial charge on any atom is 0.254 e. The Morgan fingerprint density at radius 1 is 1.19 bits per heavy atom. The molecule has 1 fully saturated rings. The highest BCUT2D eigenvalue weighted by Crippen LogP contribution is 2.18. The lowest BCUT2D eigenvalue weighted by atomic mass is 10.0. The van der Waals surface area contributed by atoms with Gasteiger partial charge in [-0.1, -0.05) is 12.1 Å². The van der Waals surface area contributed by atoms with Crippen LogP contribution in [0.2, 0.25) is 0 Å². The van der Waals surface area contributed by atoms with Gasteiger partial charge in [0.25, 0.3) is 5.91 Å². The van der Waals surface area contributed by atoms with Gasteiger partial charge in [0.05, 0.1) is 4.90 Å². The Hall–Kier alpha value is -2.32. The van der Waals surface area contributed by atoms with Crippen LogP contribution in [0.4, 0.5) is 8.78 Å². The Balaban J connectivity index is 1.72. The van der Waals surface area contributed by atoms with Gasteiger partial charge < -0.3 is 4.90 Å². The predicted octanol–water partition coefficient (Wildman–Crippen LogP) is 2.86. The minimum Gasteiger partial charge on any atom is -0.337 e. The molecule has 3 rings (SSSR count). The molecule has 0 radical (unpaired) electrons. The van der Waals surface area contributed by atoms with Crippen molar-refractivity contribution < 1.29 is 22.0 Å². The van der Waals surface area contributed by atoms with Gasteiger partial charge in [0.15, 0.2) is 0 Å². The predicted molar refractivity (Wildman–Crippen MR) is 96.8 cm³/mol. The first-order chi connectivity index (χ1) is 12.8. The fourth-order valence-corrected chi connectivity index (χ4v) is 4.38. The quantitative estimate of drug-likeness (QED) is 0.867. The third-order valence-electron chi connectivity index (χ3n) is 4.56. The Kier molecular flexibility index (Phi) is 5.57. The summed E-state index contributed by atoms with van der Waals surface area (Å²) >= 11 is 0. The fraction of sp³-hybridized carbons (Fsp3) is 0.316. The van der Waals surface area contributed by atoms with E-state index >= 15 is 0 Å². The minimum atomic E-state index is -3.90. The summed E-state index contributed by atoms with van der Waals surface area (Å²) in [6, 6.07) is 8.55. The number of halogens is 2. The molecule has 0 bridgehead atoms. The van der Waals surface area contributed by atoms with Crippen molar-refractivity contribution in [2.24, 2.45) is 0 Å². The summed E-state index contributed by atoms with van der Waals surface area (Å²) in [7, 11) is -3.90. The number of hydrogen-bond acceptors (Lipinski definition) is 3. The van der Waals surface area contributed by atoms with Crippen LogP contribution in [0.3, 0.4) is 0 Å². The number of benzene rings is 2. The van der Waals surface area contributed by atoms with Crippen molar-refractivity contribution in [1.82, 2.24) is 9.62 Å². The van der Waals surface area contributed by atoms with Crippen molar-refractivity contribution >= 4 is 15.9 Å². The maximum absolute atomic E-state index is 13.7. The standard InChI is InChI=1S/C19H20F2N2O3S/c1-13-7-8-14(10-18(13)21)19(24)23-9-3-5-16(12-23)22-27(25,26)17-6-2-4-15(20)11-17/h2,4,6-8,10-11,16,22H,3,5,9,12H2,1H3. The van der Waals surface area contributed by atoms with E-state index in [0.29, 0.717) is 24.9 Å². The number of nitrogens with zero attached hydrogens (tertiary/aromatic N) is 1. The van der Waals surface area contributed by atoms with Gasteiger partial charge in [-0.3, -0.25) is 4.79 Å². The van der Waals surface area contributed by atoms with E-state index in [9.17, 15) is 22.0 Å². The number of nitrogens with one attached hydrogen (secondary N) is 1. The highest BCUT2D eigenvalue weighted by molar-refractivity contribution is 7.89. The molecule has 0 aliphatic carbocycles. The van der Waals surface area contributed by atoms with Gasteiger partial charge in [0, 0.05) is 24.7 Å². The fourth-order valence-electron chi connectivity index (χ4n) is 3.09. The topological polar surface area (TPSA) is 66.5 Å². The van der Waals surface area contributed by atoms with Gasteiger partial charge in [0.1, 0.15) is 11.6 Å². The van der Waals surface area contributed by atoms with E-state index in [2.05, 4.69) is 4.72 Å². The second-order valence-electron chi connectivity index (χ2n) is 6.63. The zero-order valence-corrected chi connectivity index (χ0v) is 15.6. The molecule has 1 unspecified atom stereocenters. The van der Waals surface area contributed by atoms with Crippen molar-refractivity contribution in [3.8, 4) is 0 Å². The van der Waals surface area contributed by atoms with Crippen molar-refractivity contribution in [3.63, 3.8) is 0 Å². The van der Waals surface area contributed by atoms with Gasteiger partial charge >= 0.3 is 0 Å². The number of aryl methyl sites for hydroxylation is 1. The van der Waals surface area contributed by atoms with Crippen LogP contribution in [0.25, 0.3) is 0 Å². The second kappa shape index (κ2) is 7.74. The molecule has 1 N–H and O–H groups in total. The van der Waals surface area contributed by atoms with E-state index in [1.807, 2.05) is 0 Å². The normalized spacial score (nSPS) is 17.7. The monoisotopic (exact) mass is 394 g/mol. The van der Waals surface area contributed by atoms with E-state index in [4.69, 9.17) is 0 Å². The van der Waals surface area contributed by atoms with E-state index in [0.717, 1.165) is 6.07 Å². The first-order valence-electron chi connectivity index (χ1n) is 8.59. The molecule has 2 aromatic carbocycles. The SMILES string of the molecule is Cc1ccc(C(=O)N2CCCC(NS(=O)(=O)c3cccc(F)c3)C2)cc1F. The molecule has 27 heavy (non-hydrogen) atoms. The Bertz CT molecular complexity index is 963. The molecular weight excluding hydrogens is 374 g/mol. The maximum atomic E-state index is 13.7. The highest BCUT2D eigenvalue weighted by atomic mass is 32.2. The zero-order valence-electron chi connectivity index (χ0n) is 14.8. The molecule has 0 saturated carbocycles. The number of piperidine rings is 1. The molecule has 144 valence electrons. The van der Waals surface area contributed by atoms with Crippen molar-refractivity contribution in [1.29, 1.82) is 0 Å². The number of hydrogen-bond donors (Lipinski definition) is 1. The molecule has 1 atom stereocenters. The number of rotatable bonds is 4. The minimum absolute atomic E-state index is 0.161. The summed E-state index contributed by atoms with van der Waals surface area (Å²) in [5.74, 6) is -1.44. The molecule has 8 heteroatoms. The van der Waals surface area contributed by atoms with Crippen LogP contribution >= 0.6 is 0 Å². The molecule has 1 aliphatic rings. The molecule has 2 aromatic rings. The van der Waals surface area contributed by atoms with Gasteiger partial charge in [-0.2, -0.15) is 0 Å². The molecule has 1 aliphatic heterocycles. The number of amides is 1. The van der Waals surface area contributed by atoms with Crippen LogP contribution in [0.1, 0.15) is 28.8 Å². The van der Waals surface area contributed by atoms with Gasteiger partial charge in [-0.15, -0.1) is 0 Å². The average Bonchev–Trinajstić information content (AvgIpc) is 2.63. The Labute approximate surface area is 157 Å². The van der Waals surface area contributed by atoms with E-state index in [1.165, 1.54) is 35.2 Å². The van der Waals surface area contributed by atoms with Crippen molar-refractivity contribution in [2.45, 2.75) is 30.7 Å². The van der Waals surface area contributed by atoms with Crippen LogP contribution in [-0.4, -0.2) is 38.4 Å². The zero-order chi connectivity index (χ0) is 19.6. The molecule has 0 spiro atoms. The molecular formula is C19H20F2N2O3S. The Morgan fingerprint density at radius 3 is 2.67 bits per heavy atom. The lowest BCUT2D eigenvalue weighted by Gasteiger charge is -2.33. The van der Waals surface area contributed by atoms with Crippen LogP contribution < -0.4 is 4.72 Å².